The smallest absolute Gasteiger partial charge is 0.274 e. The Hall–Kier alpha value is -2.83. The van der Waals surface area contributed by atoms with E-state index in [2.05, 4.69) is 17.4 Å². The third-order valence-corrected chi connectivity index (χ3v) is 5.07. The number of benzene rings is 1. The minimum absolute atomic E-state index is 0.0718. The van der Waals surface area contributed by atoms with Gasteiger partial charge in [0.15, 0.2) is 5.69 Å². The lowest BCUT2D eigenvalue weighted by molar-refractivity contribution is -0.120. The van der Waals surface area contributed by atoms with Gasteiger partial charge in [0.2, 0.25) is 0 Å². The van der Waals surface area contributed by atoms with Crippen LogP contribution >= 0.6 is 0 Å². The molecule has 7 heteroatoms. The van der Waals surface area contributed by atoms with Crippen LogP contribution in [0.2, 0.25) is 0 Å². The zero-order valence-electron chi connectivity index (χ0n) is 14.8. The predicted molar refractivity (Wildman–Crippen MR) is 94.3 cm³/mol. The van der Waals surface area contributed by atoms with Crippen molar-refractivity contribution in [2.24, 2.45) is 5.92 Å². The first-order chi connectivity index (χ1) is 12.5. The number of anilines is 1. The van der Waals surface area contributed by atoms with Crippen LogP contribution in [0.4, 0.5) is 5.69 Å². The fraction of sp³-hybridized carbons (Fsp3) is 0.421. The molecule has 2 amide bonds. The largest absolute Gasteiger partial charge is 0.489 e. The Labute approximate surface area is 151 Å². The topological polar surface area (TPSA) is 84.7 Å². The summed E-state index contributed by atoms with van der Waals surface area (Å²) in [6.45, 7) is 2.22. The summed E-state index contributed by atoms with van der Waals surface area (Å²) >= 11 is 0. The molecule has 136 valence electrons. The number of hydrogen-bond donors (Lipinski definition) is 1. The maximum absolute atomic E-state index is 12.7. The molecule has 1 unspecified atom stereocenters. The number of nitrogens with zero attached hydrogens (tertiary/aromatic N) is 2. The van der Waals surface area contributed by atoms with Crippen LogP contribution in [-0.4, -0.2) is 36.7 Å². The van der Waals surface area contributed by atoms with Crippen LogP contribution in [0.5, 0.6) is 5.75 Å². The minimum atomic E-state index is -0.784. The molecule has 2 aromatic rings. The van der Waals surface area contributed by atoms with E-state index >= 15 is 0 Å². The Kier molecular flexibility index (Phi) is 4.14. The van der Waals surface area contributed by atoms with Crippen LogP contribution in [0.3, 0.4) is 0 Å². The molecule has 2 heterocycles. The number of ether oxygens (including phenoxy) is 1. The molecule has 2 aliphatic rings. The molecule has 1 aromatic carbocycles. The van der Waals surface area contributed by atoms with E-state index in [9.17, 15) is 9.59 Å². The van der Waals surface area contributed by atoms with Gasteiger partial charge in [0, 0.05) is 19.0 Å². The summed E-state index contributed by atoms with van der Waals surface area (Å²) in [4.78, 5) is 27.0. The quantitative estimate of drug-likeness (QED) is 0.890. The van der Waals surface area contributed by atoms with E-state index in [0.717, 1.165) is 30.6 Å². The van der Waals surface area contributed by atoms with Crippen molar-refractivity contribution in [1.82, 2.24) is 10.5 Å². The third-order valence-electron chi connectivity index (χ3n) is 5.07. The fourth-order valence-corrected chi connectivity index (χ4v) is 3.54. The van der Waals surface area contributed by atoms with E-state index < -0.39 is 11.9 Å². The molecule has 0 spiro atoms. The summed E-state index contributed by atoms with van der Waals surface area (Å²) in [5.74, 6) is 1.25. The van der Waals surface area contributed by atoms with Crippen LogP contribution in [0.25, 0.3) is 0 Å². The number of rotatable bonds is 2. The highest BCUT2D eigenvalue weighted by Crippen LogP contribution is 2.30. The van der Waals surface area contributed by atoms with Gasteiger partial charge in [-0.2, -0.15) is 0 Å². The van der Waals surface area contributed by atoms with E-state index in [-0.39, 0.29) is 18.2 Å². The Balaban J connectivity index is 1.54. The van der Waals surface area contributed by atoms with Gasteiger partial charge < -0.3 is 19.5 Å². The number of nitrogens with one attached hydrogen (secondary N) is 1. The predicted octanol–water partition coefficient (Wildman–Crippen LogP) is 1.95. The molecule has 7 nitrogen and oxygen atoms in total. The molecule has 2 atom stereocenters. The molecule has 0 fully saturated rings. The average Bonchev–Trinajstić information content (AvgIpc) is 3.02. The van der Waals surface area contributed by atoms with Crippen molar-refractivity contribution in [3.63, 3.8) is 0 Å². The normalized spacial score (nSPS) is 22.1. The van der Waals surface area contributed by atoms with Crippen LogP contribution < -0.4 is 15.0 Å². The van der Waals surface area contributed by atoms with Gasteiger partial charge in [0.25, 0.3) is 11.8 Å². The highest BCUT2D eigenvalue weighted by Gasteiger charge is 2.33. The van der Waals surface area contributed by atoms with Crippen LogP contribution in [0.1, 0.15) is 35.2 Å². The van der Waals surface area contributed by atoms with Gasteiger partial charge >= 0.3 is 0 Å². The molecular formula is C19H21N3O4. The number of fused-ring (bicyclic) bond motifs is 2. The van der Waals surface area contributed by atoms with Gasteiger partial charge in [-0.15, -0.1) is 0 Å². The van der Waals surface area contributed by atoms with Crippen molar-refractivity contribution in [3.8, 4) is 5.75 Å². The first-order valence-electron chi connectivity index (χ1n) is 8.82. The van der Waals surface area contributed by atoms with Crippen molar-refractivity contribution in [1.29, 1.82) is 0 Å². The maximum Gasteiger partial charge on any atom is 0.274 e. The van der Waals surface area contributed by atoms with Gasteiger partial charge in [-0.1, -0.05) is 24.2 Å². The summed E-state index contributed by atoms with van der Waals surface area (Å²) in [5, 5.41) is 6.72. The standard InChI is InChI=1S/C19H21N3O4/c1-11-7-8-15-12(9-11)17(21-26-15)18(23)20-13-10-25-16-6-4-3-5-14(16)22(2)19(13)24/h3-6,11,13H,7-10H2,1-2H3,(H,20,23)/t11?,13-/m0/s1. The number of likely N-dealkylation sites (N-methyl/N-ethyl adjacent to an activating group) is 1. The Morgan fingerprint density at radius 2 is 2.15 bits per heavy atom. The van der Waals surface area contributed by atoms with Gasteiger partial charge in [-0.3, -0.25) is 9.59 Å². The molecule has 1 aromatic heterocycles. The Bertz CT molecular complexity index is 860. The Morgan fingerprint density at radius 1 is 1.35 bits per heavy atom. The van der Waals surface area contributed by atoms with Crippen molar-refractivity contribution in [3.05, 3.63) is 41.3 Å². The molecule has 26 heavy (non-hydrogen) atoms. The van der Waals surface area contributed by atoms with Gasteiger partial charge in [-0.25, -0.2) is 0 Å². The first-order valence-corrected chi connectivity index (χ1v) is 8.82. The molecule has 0 saturated carbocycles. The maximum atomic E-state index is 12.7. The van der Waals surface area contributed by atoms with Gasteiger partial charge in [-0.05, 0) is 30.9 Å². The molecule has 1 aliphatic heterocycles. The van der Waals surface area contributed by atoms with Crippen molar-refractivity contribution in [2.45, 2.75) is 32.2 Å². The monoisotopic (exact) mass is 355 g/mol. The van der Waals surface area contributed by atoms with E-state index in [4.69, 9.17) is 9.26 Å². The summed E-state index contributed by atoms with van der Waals surface area (Å²) in [6, 6.07) is 6.52. The molecule has 0 radical (unpaired) electrons. The number of carbonyl (C=O) groups is 2. The van der Waals surface area contributed by atoms with Crippen molar-refractivity contribution < 1.29 is 18.8 Å². The second-order valence-corrected chi connectivity index (χ2v) is 6.98. The minimum Gasteiger partial charge on any atom is -0.489 e. The lowest BCUT2D eigenvalue weighted by Crippen LogP contribution is -2.49. The third kappa shape index (κ3) is 2.83. The summed E-state index contributed by atoms with van der Waals surface area (Å²) in [5.41, 5.74) is 1.82. The molecule has 1 aliphatic carbocycles. The highest BCUT2D eigenvalue weighted by molar-refractivity contribution is 6.03. The second-order valence-electron chi connectivity index (χ2n) is 6.98. The zero-order valence-corrected chi connectivity index (χ0v) is 14.8. The van der Waals surface area contributed by atoms with E-state index in [1.54, 1.807) is 13.1 Å². The lowest BCUT2D eigenvalue weighted by Gasteiger charge is -2.20. The van der Waals surface area contributed by atoms with Crippen LogP contribution in [0, 0.1) is 5.92 Å². The average molecular weight is 355 g/mol. The number of aromatic nitrogens is 1. The van der Waals surface area contributed by atoms with Gasteiger partial charge in [0.05, 0.1) is 5.69 Å². The first kappa shape index (κ1) is 16.6. The van der Waals surface area contributed by atoms with E-state index in [0.29, 0.717) is 17.4 Å². The zero-order chi connectivity index (χ0) is 18.3. The molecule has 4 rings (SSSR count). The van der Waals surface area contributed by atoms with Crippen LogP contribution in [-0.2, 0) is 17.6 Å². The summed E-state index contributed by atoms with van der Waals surface area (Å²) < 4.78 is 11.1. The Morgan fingerprint density at radius 3 is 3.00 bits per heavy atom. The SMILES string of the molecule is CC1CCc2onc(C(=O)N[C@H]3COc4ccccc4N(C)C3=O)c2C1. The number of aryl methyl sites for hydroxylation is 1. The van der Waals surface area contributed by atoms with Crippen molar-refractivity contribution in [2.75, 3.05) is 18.6 Å². The second kappa shape index (κ2) is 6.48. The van der Waals surface area contributed by atoms with E-state index in [1.165, 1.54) is 4.90 Å². The number of para-hydroxylation sites is 2. The lowest BCUT2D eigenvalue weighted by atomic mass is 9.88. The number of hydrogen-bond acceptors (Lipinski definition) is 5. The van der Waals surface area contributed by atoms with Crippen LogP contribution in [0.15, 0.2) is 28.8 Å². The highest BCUT2D eigenvalue weighted by atomic mass is 16.5. The van der Waals surface area contributed by atoms with Gasteiger partial charge in [0.1, 0.15) is 24.2 Å². The molecule has 1 N–H and O–H groups in total. The summed E-state index contributed by atoms with van der Waals surface area (Å²) in [6.07, 6.45) is 2.59. The summed E-state index contributed by atoms with van der Waals surface area (Å²) in [7, 11) is 1.68. The van der Waals surface area contributed by atoms with E-state index in [1.807, 2.05) is 18.2 Å². The molecule has 0 saturated heterocycles. The van der Waals surface area contributed by atoms with Crippen molar-refractivity contribution >= 4 is 17.5 Å². The number of carbonyl (C=O) groups excluding carboxylic acids is 2. The number of amides is 2. The fourth-order valence-electron chi connectivity index (χ4n) is 3.54. The molecule has 0 bridgehead atoms. The molecular weight excluding hydrogens is 334 g/mol.